The number of rotatable bonds is 4. The van der Waals surface area contributed by atoms with Gasteiger partial charge in [0, 0.05) is 43.0 Å². The minimum absolute atomic E-state index is 0.0275. The van der Waals surface area contributed by atoms with Crippen molar-refractivity contribution >= 4 is 23.2 Å². The Labute approximate surface area is 179 Å². The number of anilines is 2. The van der Waals surface area contributed by atoms with Crippen molar-refractivity contribution in [3.05, 3.63) is 24.3 Å². The highest BCUT2D eigenvalue weighted by molar-refractivity contribution is 6.00. The minimum Gasteiger partial charge on any atom is -0.372 e. The van der Waals surface area contributed by atoms with Crippen LogP contribution in [0.3, 0.4) is 0 Å². The van der Waals surface area contributed by atoms with Crippen molar-refractivity contribution in [1.82, 2.24) is 5.32 Å². The smallest absolute Gasteiger partial charge is 0.227 e. The van der Waals surface area contributed by atoms with Crippen LogP contribution >= 0.6 is 0 Å². The van der Waals surface area contributed by atoms with Crippen LogP contribution < -0.4 is 15.1 Å². The predicted octanol–water partition coefficient (Wildman–Crippen LogP) is 3.72. The highest BCUT2D eigenvalue weighted by Gasteiger charge is 2.52. The van der Waals surface area contributed by atoms with Crippen molar-refractivity contribution in [2.24, 2.45) is 23.7 Å². The number of hydrogen-bond donors (Lipinski definition) is 1. The van der Waals surface area contributed by atoms with Crippen LogP contribution in [-0.2, 0) is 9.59 Å². The van der Waals surface area contributed by atoms with Gasteiger partial charge in [-0.3, -0.25) is 9.59 Å². The Kier molecular flexibility index (Phi) is 4.36. The third kappa shape index (κ3) is 3.21. The standard InChI is InChI=1S/C25H33N3O2/c29-23-12-20(16-28(23)22-5-3-21(4-6-22)27-7-1-2-8-27)24(30)26-25-13-17-9-18(14-25)11-19(10-17)15-25/h3-6,17-20H,1-2,7-16H2,(H,26,30). The highest BCUT2D eigenvalue weighted by Crippen LogP contribution is 2.55. The van der Waals surface area contributed by atoms with Crippen LogP contribution in [0.15, 0.2) is 24.3 Å². The van der Waals surface area contributed by atoms with Gasteiger partial charge in [0.05, 0.1) is 5.92 Å². The van der Waals surface area contributed by atoms with E-state index in [9.17, 15) is 9.59 Å². The van der Waals surface area contributed by atoms with E-state index in [1.807, 2.05) is 17.0 Å². The Morgan fingerprint density at radius 2 is 1.47 bits per heavy atom. The molecule has 2 saturated heterocycles. The molecule has 1 aromatic rings. The fourth-order valence-electron chi connectivity index (χ4n) is 7.58. The topological polar surface area (TPSA) is 52.7 Å². The minimum atomic E-state index is -0.219. The molecule has 160 valence electrons. The van der Waals surface area contributed by atoms with Gasteiger partial charge in [-0.1, -0.05) is 0 Å². The largest absolute Gasteiger partial charge is 0.372 e. The van der Waals surface area contributed by atoms with Gasteiger partial charge >= 0.3 is 0 Å². The van der Waals surface area contributed by atoms with Gasteiger partial charge in [0.1, 0.15) is 0 Å². The first-order valence-electron chi connectivity index (χ1n) is 12.0. The second kappa shape index (κ2) is 7.00. The van der Waals surface area contributed by atoms with Gasteiger partial charge in [-0.15, -0.1) is 0 Å². The van der Waals surface area contributed by atoms with Gasteiger partial charge in [-0.2, -0.15) is 0 Å². The van der Waals surface area contributed by atoms with Gasteiger partial charge in [0.2, 0.25) is 11.8 Å². The average Bonchev–Trinajstić information content (AvgIpc) is 3.37. The number of hydrogen-bond acceptors (Lipinski definition) is 3. The number of amides is 2. The lowest BCUT2D eigenvalue weighted by Crippen LogP contribution is -2.60. The lowest BCUT2D eigenvalue weighted by Gasteiger charge is -2.57. The van der Waals surface area contributed by atoms with Gasteiger partial charge in [-0.25, -0.2) is 0 Å². The molecular formula is C25H33N3O2. The monoisotopic (exact) mass is 407 g/mol. The number of benzene rings is 1. The molecule has 5 nitrogen and oxygen atoms in total. The first kappa shape index (κ1) is 18.7. The van der Waals surface area contributed by atoms with Crippen LogP contribution in [0.4, 0.5) is 11.4 Å². The highest BCUT2D eigenvalue weighted by atomic mass is 16.2. The van der Waals surface area contributed by atoms with Crippen LogP contribution in [0.5, 0.6) is 0 Å². The molecule has 1 aromatic carbocycles. The Bertz CT molecular complexity index is 807. The summed E-state index contributed by atoms with van der Waals surface area (Å²) in [6.45, 7) is 2.75. The summed E-state index contributed by atoms with van der Waals surface area (Å²) in [6, 6.07) is 8.34. The van der Waals surface area contributed by atoms with Crippen molar-refractivity contribution < 1.29 is 9.59 Å². The van der Waals surface area contributed by atoms with Crippen LogP contribution in [0.2, 0.25) is 0 Å². The quantitative estimate of drug-likeness (QED) is 0.828. The van der Waals surface area contributed by atoms with E-state index in [0.29, 0.717) is 13.0 Å². The number of nitrogens with zero attached hydrogens (tertiary/aromatic N) is 2. The second-order valence-corrected chi connectivity index (χ2v) is 10.8. The Hall–Kier alpha value is -2.04. The number of nitrogens with one attached hydrogen (secondary N) is 1. The molecule has 7 rings (SSSR count). The van der Waals surface area contributed by atoms with Crippen molar-refractivity contribution in [2.75, 3.05) is 29.4 Å². The normalized spacial score (nSPS) is 37.3. The molecule has 0 radical (unpaired) electrons. The van der Waals surface area contributed by atoms with E-state index in [-0.39, 0.29) is 23.3 Å². The summed E-state index contributed by atoms with van der Waals surface area (Å²) in [7, 11) is 0. The third-order valence-corrected chi connectivity index (χ3v) is 8.56. The molecule has 2 heterocycles. The van der Waals surface area contributed by atoms with Crippen LogP contribution in [0.1, 0.15) is 57.8 Å². The summed E-state index contributed by atoms with van der Waals surface area (Å²) < 4.78 is 0. The van der Waals surface area contributed by atoms with Crippen molar-refractivity contribution in [3.63, 3.8) is 0 Å². The summed E-state index contributed by atoms with van der Waals surface area (Å²) in [6.07, 6.45) is 10.5. The predicted molar refractivity (Wildman–Crippen MR) is 117 cm³/mol. The summed E-state index contributed by atoms with van der Waals surface area (Å²) in [5.41, 5.74) is 2.19. The molecule has 2 aliphatic heterocycles. The van der Waals surface area contributed by atoms with Gasteiger partial charge in [0.25, 0.3) is 0 Å². The molecule has 30 heavy (non-hydrogen) atoms. The maximum absolute atomic E-state index is 13.2. The summed E-state index contributed by atoms with van der Waals surface area (Å²) in [5.74, 6) is 2.41. The zero-order valence-corrected chi connectivity index (χ0v) is 17.8. The molecule has 2 amide bonds. The fraction of sp³-hybridized carbons (Fsp3) is 0.680. The van der Waals surface area contributed by atoms with Crippen molar-refractivity contribution in [3.8, 4) is 0 Å². The molecule has 1 atom stereocenters. The second-order valence-electron chi connectivity index (χ2n) is 10.8. The van der Waals surface area contributed by atoms with E-state index in [1.165, 1.54) is 37.8 Å². The zero-order chi connectivity index (χ0) is 20.3. The molecule has 5 heteroatoms. The fourth-order valence-corrected chi connectivity index (χ4v) is 7.58. The van der Waals surface area contributed by atoms with Gasteiger partial charge in [-0.05, 0) is 93.4 Å². The first-order chi connectivity index (χ1) is 14.6. The summed E-state index contributed by atoms with van der Waals surface area (Å²) >= 11 is 0. The van der Waals surface area contributed by atoms with Crippen molar-refractivity contribution in [2.45, 2.75) is 63.3 Å². The van der Waals surface area contributed by atoms with E-state index < -0.39 is 0 Å². The first-order valence-corrected chi connectivity index (χ1v) is 12.0. The molecule has 4 aliphatic carbocycles. The molecule has 0 spiro atoms. The SMILES string of the molecule is O=C(NC12CC3CC(CC(C3)C1)C2)C1CC(=O)N(c2ccc(N3CCCC3)cc2)C1. The summed E-state index contributed by atoms with van der Waals surface area (Å²) in [5, 5.41) is 3.48. The Morgan fingerprint density at radius 1 is 0.900 bits per heavy atom. The zero-order valence-electron chi connectivity index (χ0n) is 17.8. The molecule has 4 saturated carbocycles. The Balaban J connectivity index is 1.12. The molecular weight excluding hydrogens is 374 g/mol. The van der Waals surface area contributed by atoms with E-state index in [4.69, 9.17) is 0 Å². The van der Waals surface area contributed by atoms with E-state index in [2.05, 4.69) is 22.3 Å². The maximum atomic E-state index is 13.2. The molecule has 1 unspecified atom stereocenters. The molecule has 6 fully saturated rings. The number of carbonyl (C=O) groups excluding carboxylic acids is 2. The van der Waals surface area contributed by atoms with Gasteiger partial charge in [0.15, 0.2) is 0 Å². The van der Waals surface area contributed by atoms with E-state index in [0.717, 1.165) is 55.8 Å². The van der Waals surface area contributed by atoms with E-state index in [1.54, 1.807) is 0 Å². The van der Waals surface area contributed by atoms with Crippen molar-refractivity contribution in [1.29, 1.82) is 0 Å². The lowest BCUT2D eigenvalue weighted by atomic mass is 9.53. The van der Waals surface area contributed by atoms with Crippen LogP contribution in [0.25, 0.3) is 0 Å². The Morgan fingerprint density at radius 3 is 2.07 bits per heavy atom. The average molecular weight is 408 g/mol. The maximum Gasteiger partial charge on any atom is 0.227 e. The number of carbonyl (C=O) groups is 2. The van der Waals surface area contributed by atoms with E-state index >= 15 is 0 Å². The van der Waals surface area contributed by atoms with Crippen LogP contribution in [0, 0.1) is 23.7 Å². The van der Waals surface area contributed by atoms with Crippen LogP contribution in [-0.4, -0.2) is 37.0 Å². The van der Waals surface area contributed by atoms with Gasteiger partial charge < -0.3 is 15.1 Å². The molecule has 4 bridgehead atoms. The third-order valence-electron chi connectivity index (χ3n) is 8.56. The molecule has 6 aliphatic rings. The molecule has 0 aromatic heterocycles. The lowest BCUT2D eigenvalue weighted by molar-refractivity contribution is -0.131. The summed E-state index contributed by atoms with van der Waals surface area (Å²) in [4.78, 5) is 30.1. The molecule has 1 N–H and O–H groups in total.